The number of ketones is 1. The number of aliphatic hydroxyl groups is 1. The molecule has 1 aromatic rings. The third-order valence-electron chi connectivity index (χ3n) is 7.51. The summed E-state index contributed by atoms with van der Waals surface area (Å²) < 4.78 is 11.8. The van der Waals surface area contributed by atoms with E-state index in [1.54, 1.807) is 13.2 Å². The number of carbonyl (C=O) groups is 1. The van der Waals surface area contributed by atoms with Gasteiger partial charge in [0.25, 0.3) is 0 Å². The predicted molar refractivity (Wildman–Crippen MR) is 154 cm³/mol. The van der Waals surface area contributed by atoms with Crippen molar-refractivity contribution in [3.63, 3.8) is 0 Å². The van der Waals surface area contributed by atoms with Crippen LogP contribution >= 0.6 is 0 Å². The number of aliphatic hydroxyl groups excluding tert-OH is 1. The highest BCUT2D eigenvalue weighted by atomic mass is 16.5. The van der Waals surface area contributed by atoms with Gasteiger partial charge < -0.3 is 31.2 Å². The quantitative estimate of drug-likeness (QED) is 0.137. The van der Waals surface area contributed by atoms with E-state index in [1.807, 2.05) is 13.0 Å². The second-order valence-electron chi connectivity index (χ2n) is 10.8. The number of methoxy groups -OCH3 is 1. The SMILES string of the molecule is CCCC(=CC(=O)CCc1cc(OC2CCCC2)c(O)c2c1C#CC[C@H](N=C(N)N)CC[C@H](COC)C2)CO. The van der Waals surface area contributed by atoms with E-state index in [4.69, 9.17) is 20.9 Å². The second kappa shape index (κ2) is 15.5. The molecule has 0 aromatic heterocycles. The third-order valence-corrected chi connectivity index (χ3v) is 7.51. The van der Waals surface area contributed by atoms with Gasteiger partial charge in [0.2, 0.25) is 0 Å². The zero-order chi connectivity index (χ0) is 28.2. The van der Waals surface area contributed by atoms with E-state index in [1.165, 1.54) is 0 Å². The number of hydrogen-bond acceptors (Lipinski definition) is 6. The molecular formula is C31H45N3O5. The fourth-order valence-electron chi connectivity index (χ4n) is 5.54. The molecule has 2 aliphatic rings. The number of nitrogens with two attached hydrogens (primary N) is 2. The number of ether oxygens (including phenoxy) is 2. The largest absolute Gasteiger partial charge is 0.504 e. The van der Waals surface area contributed by atoms with Crippen molar-refractivity contribution in [3.8, 4) is 23.3 Å². The van der Waals surface area contributed by atoms with Gasteiger partial charge >= 0.3 is 0 Å². The second-order valence-corrected chi connectivity index (χ2v) is 10.8. The lowest BCUT2D eigenvalue weighted by Gasteiger charge is -2.24. The minimum atomic E-state index is -0.118. The van der Waals surface area contributed by atoms with Crippen LogP contribution < -0.4 is 16.2 Å². The Hall–Kier alpha value is -3.02. The Labute approximate surface area is 232 Å². The smallest absolute Gasteiger partial charge is 0.186 e. The van der Waals surface area contributed by atoms with E-state index in [-0.39, 0.29) is 48.6 Å². The molecule has 39 heavy (non-hydrogen) atoms. The number of rotatable bonds is 12. The number of nitrogens with zero attached hydrogens (tertiary/aromatic N) is 1. The number of phenols is 1. The molecule has 0 bridgehead atoms. The average molecular weight is 540 g/mol. The van der Waals surface area contributed by atoms with Crippen molar-refractivity contribution >= 4 is 11.7 Å². The zero-order valence-corrected chi connectivity index (χ0v) is 23.5. The van der Waals surface area contributed by atoms with Crippen LogP contribution in [0.25, 0.3) is 0 Å². The third kappa shape index (κ3) is 9.29. The number of phenolic OH excluding ortho intramolecular Hbond substituents is 1. The topological polar surface area (TPSA) is 140 Å². The Bertz CT molecular complexity index is 1090. The molecule has 1 aromatic carbocycles. The molecule has 0 heterocycles. The van der Waals surface area contributed by atoms with Crippen LogP contribution in [0.5, 0.6) is 11.5 Å². The van der Waals surface area contributed by atoms with Gasteiger partial charge in [0.15, 0.2) is 23.2 Å². The van der Waals surface area contributed by atoms with Gasteiger partial charge in [-0.1, -0.05) is 25.2 Å². The lowest BCUT2D eigenvalue weighted by Crippen LogP contribution is -2.26. The minimum absolute atomic E-state index is 0.0366. The Kier molecular flexibility index (Phi) is 12.2. The number of aromatic hydroxyl groups is 1. The van der Waals surface area contributed by atoms with Gasteiger partial charge in [-0.05, 0) is 87.0 Å². The first-order valence-corrected chi connectivity index (χ1v) is 14.3. The number of carbonyl (C=O) groups excluding carboxylic acids is 1. The van der Waals surface area contributed by atoms with E-state index in [0.717, 1.165) is 67.2 Å². The summed E-state index contributed by atoms with van der Waals surface area (Å²) in [6.07, 6.45) is 10.7. The Morgan fingerprint density at radius 2 is 1.97 bits per heavy atom. The summed E-state index contributed by atoms with van der Waals surface area (Å²) in [7, 11) is 1.68. The fourth-order valence-corrected chi connectivity index (χ4v) is 5.54. The van der Waals surface area contributed by atoms with Crippen LogP contribution in [0.15, 0.2) is 22.7 Å². The highest BCUT2D eigenvalue weighted by Gasteiger charge is 2.25. The summed E-state index contributed by atoms with van der Waals surface area (Å²) in [4.78, 5) is 17.2. The van der Waals surface area contributed by atoms with E-state index in [0.29, 0.717) is 38.0 Å². The highest BCUT2D eigenvalue weighted by Crippen LogP contribution is 2.40. The summed E-state index contributed by atoms with van der Waals surface area (Å²) in [5.41, 5.74) is 14.4. The van der Waals surface area contributed by atoms with E-state index in [2.05, 4.69) is 16.8 Å². The van der Waals surface area contributed by atoms with E-state index in [9.17, 15) is 15.0 Å². The number of guanidine groups is 1. The van der Waals surface area contributed by atoms with Crippen LogP contribution in [0.1, 0.15) is 87.8 Å². The van der Waals surface area contributed by atoms with Gasteiger partial charge in [-0.15, -0.1) is 0 Å². The summed E-state index contributed by atoms with van der Waals surface area (Å²) in [5.74, 6) is 7.27. The molecule has 0 radical (unpaired) electrons. The maximum absolute atomic E-state index is 12.8. The Morgan fingerprint density at radius 1 is 1.21 bits per heavy atom. The van der Waals surface area contributed by atoms with Gasteiger partial charge in [-0.3, -0.25) is 4.79 Å². The van der Waals surface area contributed by atoms with Crippen molar-refractivity contribution in [2.24, 2.45) is 22.4 Å². The summed E-state index contributed by atoms with van der Waals surface area (Å²) in [6, 6.07) is 1.74. The lowest BCUT2D eigenvalue weighted by molar-refractivity contribution is -0.114. The van der Waals surface area contributed by atoms with Gasteiger partial charge in [-0.25, -0.2) is 4.99 Å². The Balaban J connectivity index is 2.03. The van der Waals surface area contributed by atoms with Gasteiger partial charge in [0.05, 0.1) is 18.8 Å². The number of hydrogen-bond donors (Lipinski definition) is 4. The maximum Gasteiger partial charge on any atom is 0.186 e. The first-order chi connectivity index (χ1) is 18.8. The molecule has 214 valence electrons. The molecule has 0 aliphatic heterocycles. The highest BCUT2D eigenvalue weighted by molar-refractivity contribution is 5.90. The normalized spacial score (nSPS) is 20.0. The summed E-state index contributed by atoms with van der Waals surface area (Å²) in [5, 5.41) is 21.0. The van der Waals surface area contributed by atoms with Crippen molar-refractivity contribution in [2.45, 2.75) is 96.1 Å². The molecule has 8 heteroatoms. The maximum atomic E-state index is 12.8. The van der Waals surface area contributed by atoms with Gasteiger partial charge in [0, 0.05) is 37.7 Å². The molecule has 2 atom stereocenters. The van der Waals surface area contributed by atoms with Crippen molar-refractivity contribution in [1.82, 2.24) is 0 Å². The molecule has 0 saturated heterocycles. The van der Waals surface area contributed by atoms with Crippen LogP contribution in [-0.4, -0.2) is 54.4 Å². The molecule has 3 rings (SSSR count). The van der Waals surface area contributed by atoms with Crippen LogP contribution in [0.2, 0.25) is 0 Å². The number of benzene rings is 1. The molecule has 8 nitrogen and oxygen atoms in total. The monoisotopic (exact) mass is 539 g/mol. The summed E-state index contributed by atoms with van der Waals surface area (Å²) >= 11 is 0. The van der Waals surface area contributed by atoms with Crippen LogP contribution in [0.3, 0.4) is 0 Å². The van der Waals surface area contributed by atoms with E-state index >= 15 is 0 Å². The zero-order valence-electron chi connectivity index (χ0n) is 23.5. The molecule has 0 spiro atoms. The minimum Gasteiger partial charge on any atom is -0.504 e. The molecule has 0 amide bonds. The van der Waals surface area contributed by atoms with Crippen molar-refractivity contribution in [3.05, 3.63) is 34.4 Å². The molecule has 1 fully saturated rings. The lowest BCUT2D eigenvalue weighted by atomic mass is 9.86. The van der Waals surface area contributed by atoms with Gasteiger partial charge in [0.1, 0.15) is 0 Å². The van der Waals surface area contributed by atoms with Crippen molar-refractivity contribution in [1.29, 1.82) is 0 Å². The molecule has 1 saturated carbocycles. The predicted octanol–water partition coefficient (Wildman–Crippen LogP) is 3.92. The molecule has 0 unspecified atom stereocenters. The summed E-state index contributed by atoms with van der Waals surface area (Å²) in [6.45, 7) is 2.43. The fraction of sp³-hybridized carbons (Fsp3) is 0.613. The number of allylic oxidation sites excluding steroid dienone is 1. The van der Waals surface area contributed by atoms with Crippen LogP contribution in [-0.2, 0) is 22.4 Å². The number of fused-ring (bicyclic) bond motifs is 1. The molecular weight excluding hydrogens is 494 g/mol. The van der Waals surface area contributed by atoms with Gasteiger partial charge in [-0.2, -0.15) is 0 Å². The Morgan fingerprint density at radius 3 is 2.64 bits per heavy atom. The standard InChI is InChI=1S/C31H45N3O5/c1-3-7-21(19-35)16-25(36)15-13-23-18-29(39-26-9-4-5-10-26)30(37)28-17-22(20-38-2)12-14-24(34-31(32)33)8-6-11-27(23)28/h16,18,22,24,26,35,37H,3-5,7-10,12-15,17,19-20H2,1-2H3,(H4,32,33,34)/t22-,24-/m0/s1. The van der Waals surface area contributed by atoms with Crippen molar-refractivity contribution < 1.29 is 24.5 Å². The van der Waals surface area contributed by atoms with Crippen LogP contribution in [0.4, 0.5) is 0 Å². The molecule has 2 aliphatic carbocycles. The first-order valence-electron chi connectivity index (χ1n) is 14.3. The number of aryl methyl sites for hydroxylation is 1. The number of aliphatic imine (C=N–C) groups is 1. The first kappa shape index (κ1) is 30.5. The van der Waals surface area contributed by atoms with Crippen LogP contribution in [0, 0.1) is 17.8 Å². The average Bonchev–Trinajstić information content (AvgIpc) is 3.42. The van der Waals surface area contributed by atoms with E-state index < -0.39 is 0 Å². The molecule has 6 N–H and O–H groups in total. The van der Waals surface area contributed by atoms with Crippen molar-refractivity contribution in [2.75, 3.05) is 20.3 Å².